The molecule has 0 fully saturated rings. The first-order chi connectivity index (χ1) is 10.3. The first kappa shape index (κ1) is 14.1. The van der Waals surface area contributed by atoms with Crippen LogP contribution in [-0.2, 0) is 13.0 Å². The molecule has 1 aliphatic heterocycles. The van der Waals surface area contributed by atoms with Crippen LogP contribution in [-0.4, -0.2) is 19.7 Å². The Kier molecular flexibility index (Phi) is 4.23. The van der Waals surface area contributed by atoms with E-state index in [1.807, 2.05) is 7.05 Å². The number of nitrogens with two attached hydrogens (primary N) is 1. The number of nitrogens with one attached hydrogen (secondary N) is 1. The van der Waals surface area contributed by atoms with Crippen molar-refractivity contribution in [1.82, 2.24) is 5.32 Å². The minimum absolute atomic E-state index is 0.325. The van der Waals surface area contributed by atoms with Crippen molar-refractivity contribution in [2.24, 2.45) is 5.73 Å². The monoisotopic (exact) mass is 282 g/mol. The molecule has 0 unspecified atom stereocenters. The van der Waals surface area contributed by atoms with Crippen LogP contribution in [0.5, 0.6) is 5.75 Å². The first-order valence-electron chi connectivity index (χ1n) is 7.48. The molecule has 0 radical (unpaired) electrons. The molecule has 3 N–H and O–H groups in total. The van der Waals surface area contributed by atoms with E-state index in [2.05, 4.69) is 53.8 Å². The van der Waals surface area contributed by atoms with Gasteiger partial charge in [0.2, 0.25) is 0 Å². The molecule has 110 valence electrons. The Morgan fingerprint density at radius 2 is 1.95 bits per heavy atom. The summed E-state index contributed by atoms with van der Waals surface area (Å²) in [6.45, 7) is 1.28. The summed E-state index contributed by atoms with van der Waals surface area (Å²) in [6, 6.07) is 17.3. The lowest BCUT2D eigenvalue weighted by molar-refractivity contribution is 0.218. The van der Waals surface area contributed by atoms with E-state index in [0.29, 0.717) is 25.1 Å². The van der Waals surface area contributed by atoms with E-state index >= 15 is 0 Å². The number of hydrogen-bond acceptors (Lipinski definition) is 3. The second kappa shape index (κ2) is 6.29. The van der Waals surface area contributed by atoms with Crippen LogP contribution in [0.3, 0.4) is 0 Å². The Morgan fingerprint density at radius 3 is 2.67 bits per heavy atom. The van der Waals surface area contributed by atoms with Crippen LogP contribution >= 0.6 is 0 Å². The summed E-state index contributed by atoms with van der Waals surface area (Å²) in [5.74, 6) is 1.41. The van der Waals surface area contributed by atoms with Crippen LogP contribution in [0.4, 0.5) is 0 Å². The standard InChI is InChI=1S/C18H22N2O/c1-20-17-12-21-18-8-7-14(11-19)10-16(18)15(17)9-13-5-3-2-4-6-13/h2-8,10,15,17,20H,9,11-12,19H2,1H3/t15-,17+/m1/s1. The van der Waals surface area contributed by atoms with E-state index in [1.165, 1.54) is 11.1 Å². The molecule has 2 aromatic rings. The maximum absolute atomic E-state index is 5.89. The Morgan fingerprint density at radius 1 is 1.14 bits per heavy atom. The summed E-state index contributed by atoms with van der Waals surface area (Å²) in [5.41, 5.74) is 9.58. The summed E-state index contributed by atoms with van der Waals surface area (Å²) in [6.07, 6.45) is 1.01. The van der Waals surface area contributed by atoms with Crippen molar-refractivity contribution in [1.29, 1.82) is 0 Å². The molecular weight excluding hydrogens is 260 g/mol. The molecule has 2 atom stereocenters. The predicted molar refractivity (Wildman–Crippen MR) is 85.6 cm³/mol. The van der Waals surface area contributed by atoms with Gasteiger partial charge < -0.3 is 15.8 Å². The minimum Gasteiger partial charge on any atom is -0.492 e. The van der Waals surface area contributed by atoms with Gasteiger partial charge in [-0.2, -0.15) is 0 Å². The van der Waals surface area contributed by atoms with Gasteiger partial charge in [-0.25, -0.2) is 0 Å². The summed E-state index contributed by atoms with van der Waals surface area (Å²) in [5, 5.41) is 3.40. The Labute approximate surface area is 126 Å². The molecule has 2 aromatic carbocycles. The molecule has 0 saturated carbocycles. The molecule has 0 spiro atoms. The number of rotatable bonds is 4. The maximum atomic E-state index is 5.89. The molecule has 21 heavy (non-hydrogen) atoms. The van der Waals surface area contributed by atoms with Gasteiger partial charge in [0.1, 0.15) is 12.4 Å². The molecule has 1 heterocycles. The summed E-state index contributed by atoms with van der Waals surface area (Å²) >= 11 is 0. The SMILES string of the molecule is CN[C@H]1COc2ccc(CN)cc2[C@H]1Cc1ccccc1. The quantitative estimate of drug-likeness (QED) is 0.905. The van der Waals surface area contributed by atoms with Crippen molar-refractivity contribution in [3.63, 3.8) is 0 Å². The smallest absolute Gasteiger partial charge is 0.122 e. The lowest BCUT2D eigenvalue weighted by Crippen LogP contribution is -2.41. The molecule has 1 aliphatic rings. The van der Waals surface area contributed by atoms with E-state index in [4.69, 9.17) is 10.5 Å². The zero-order valence-electron chi connectivity index (χ0n) is 12.4. The fourth-order valence-corrected chi connectivity index (χ4v) is 3.06. The average molecular weight is 282 g/mol. The van der Waals surface area contributed by atoms with Crippen LogP contribution in [0.1, 0.15) is 22.6 Å². The van der Waals surface area contributed by atoms with Crippen molar-refractivity contribution in [2.45, 2.75) is 24.9 Å². The second-order valence-corrected chi connectivity index (χ2v) is 5.58. The van der Waals surface area contributed by atoms with Gasteiger partial charge in [-0.3, -0.25) is 0 Å². The number of benzene rings is 2. The molecule has 3 nitrogen and oxygen atoms in total. The van der Waals surface area contributed by atoms with Crippen molar-refractivity contribution in [3.05, 3.63) is 65.2 Å². The third-order valence-electron chi connectivity index (χ3n) is 4.28. The van der Waals surface area contributed by atoms with Crippen molar-refractivity contribution in [2.75, 3.05) is 13.7 Å². The minimum atomic E-state index is 0.325. The summed E-state index contributed by atoms with van der Waals surface area (Å²) < 4.78 is 5.89. The highest BCUT2D eigenvalue weighted by molar-refractivity contribution is 5.43. The normalized spacial score (nSPS) is 20.7. The van der Waals surface area contributed by atoms with E-state index in [-0.39, 0.29) is 0 Å². The van der Waals surface area contributed by atoms with Crippen LogP contribution in [0.2, 0.25) is 0 Å². The molecule has 3 rings (SSSR count). The highest BCUT2D eigenvalue weighted by atomic mass is 16.5. The van der Waals surface area contributed by atoms with Gasteiger partial charge in [0.05, 0.1) is 0 Å². The molecule has 0 saturated heterocycles. The molecule has 0 bridgehead atoms. The first-order valence-corrected chi connectivity index (χ1v) is 7.48. The third kappa shape index (κ3) is 2.94. The Bertz CT molecular complexity index is 597. The summed E-state index contributed by atoms with van der Waals surface area (Å²) in [4.78, 5) is 0. The van der Waals surface area contributed by atoms with Gasteiger partial charge in [0.15, 0.2) is 0 Å². The number of hydrogen-bond donors (Lipinski definition) is 2. The molecular formula is C18H22N2O. The lowest BCUT2D eigenvalue weighted by Gasteiger charge is -2.34. The van der Waals surface area contributed by atoms with Gasteiger partial charge in [-0.05, 0) is 36.2 Å². The molecule has 0 aromatic heterocycles. The predicted octanol–water partition coefficient (Wildman–Crippen LogP) is 2.45. The third-order valence-corrected chi connectivity index (χ3v) is 4.28. The largest absolute Gasteiger partial charge is 0.492 e. The van der Waals surface area contributed by atoms with Crippen molar-refractivity contribution >= 4 is 0 Å². The van der Waals surface area contributed by atoms with Crippen LogP contribution < -0.4 is 15.8 Å². The Hall–Kier alpha value is -1.84. The highest BCUT2D eigenvalue weighted by Gasteiger charge is 2.30. The molecule has 0 aliphatic carbocycles. The van der Waals surface area contributed by atoms with Crippen LogP contribution in [0.25, 0.3) is 0 Å². The Balaban J connectivity index is 1.96. The number of likely N-dealkylation sites (N-methyl/N-ethyl adjacent to an activating group) is 1. The summed E-state index contributed by atoms with van der Waals surface area (Å²) in [7, 11) is 2.00. The lowest BCUT2D eigenvalue weighted by atomic mass is 9.83. The van der Waals surface area contributed by atoms with Gasteiger partial charge >= 0.3 is 0 Å². The average Bonchev–Trinajstić information content (AvgIpc) is 2.55. The van der Waals surface area contributed by atoms with Gasteiger partial charge in [-0.1, -0.05) is 42.5 Å². The molecule has 3 heteroatoms. The van der Waals surface area contributed by atoms with E-state index in [0.717, 1.165) is 17.7 Å². The topological polar surface area (TPSA) is 47.3 Å². The zero-order chi connectivity index (χ0) is 14.7. The number of ether oxygens (including phenoxy) is 1. The van der Waals surface area contributed by atoms with Gasteiger partial charge in [-0.15, -0.1) is 0 Å². The fourth-order valence-electron chi connectivity index (χ4n) is 3.06. The van der Waals surface area contributed by atoms with E-state index in [1.54, 1.807) is 0 Å². The van der Waals surface area contributed by atoms with Crippen LogP contribution in [0.15, 0.2) is 48.5 Å². The van der Waals surface area contributed by atoms with Gasteiger partial charge in [0, 0.05) is 18.5 Å². The maximum Gasteiger partial charge on any atom is 0.122 e. The molecule has 0 amide bonds. The zero-order valence-corrected chi connectivity index (χ0v) is 12.4. The van der Waals surface area contributed by atoms with Crippen LogP contribution in [0, 0.1) is 0 Å². The van der Waals surface area contributed by atoms with E-state index < -0.39 is 0 Å². The van der Waals surface area contributed by atoms with Crippen molar-refractivity contribution < 1.29 is 4.74 Å². The van der Waals surface area contributed by atoms with Gasteiger partial charge in [0.25, 0.3) is 0 Å². The fraction of sp³-hybridized carbons (Fsp3) is 0.333. The van der Waals surface area contributed by atoms with E-state index in [9.17, 15) is 0 Å². The number of fused-ring (bicyclic) bond motifs is 1. The second-order valence-electron chi connectivity index (χ2n) is 5.58. The highest BCUT2D eigenvalue weighted by Crippen LogP contribution is 2.36. The van der Waals surface area contributed by atoms with Crippen molar-refractivity contribution in [3.8, 4) is 5.75 Å².